The van der Waals surface area contributed by atoms with Crippen molar-refractivity contribution < 1.29 is 9.84 Å². The summed E-state index contributed by atoms with van der Waals surface area (Å²) in [5.74, 6) is 0. The lowest BCUT2D eigenvalue weighted by Crippen LogP contribution is -2.60. The van der Waals surface area contributed by atoms with Gasteiger partial charge in [0.25, 0.3) is 0 Å². The van der Waals surface area contributed by atoms with Crippen molar-refractivity contribution in [3.05, 3.63) is 65.7 Å². The molecule has 2 fully saturated rings. The van der Waals surface area contributed by atoms with Crippen molar-refractivity contribution in [2.45, 2.75) is 56.7 Å². The summed E-state index contributed by atoms with van der Waals surface area (Å²) in [6, 6.07) is 20.0. The fourth-order valence-electron chi connectivity index (χ4n) is 4.61. The smallest absolute Gasteiger partial charge is 0.0928 e. The Hall–Kier alpha value is -1.46. The molecule has 2 unspecified atom stereocenters. The maximum Gasteiger partial charge on any atom is 0.0928 e. The van der Waals surface area contributed by atoms with E-state index in [0.717, 1.165) is 24.9 Å². The van der Waals surface area contributed by atoms with Crippen LogP contribution < -0.4 is 5.19 Å². The van der Waals surface area contributed by atoms with Crippen LogP contribution in [0.4, 0.5) is 0 Å². The minimum absolute atomic E-state index is 0.263. The summed E-state index contributed by atoms with van der Waals surface area (Å²) in [6.45, 7) is 9.43. The van der Waals surface area contributed by atoms with E-state index in [-0.39, 0.29) is 12.1 Å². The SMILES string of the molecule is C[Si](C)(C)c1ccc(C2(O)CC3COCC(C2)N3Cc2ccccc2)cc1. The number of hydrogen-bond acceptors (Lipinski definition) is 3. The molecule has 1 N–H and O–H groups in total. The molecule has 0 aliphatic carbocycles. The van der Waals surface area contributed by atoms with Gasteiger partial charge >= 0.3 is 0 Å². The number of rotatable bonds is 4. The van der Waals surface area contributed by atoms with Crippen molar-refractivity contribution in [2.24, 2.45) is 0 Å². The number of ether oxygens (including phenoxy) is 1. The minimum atomic E-state index is -1.32. The van der Waals surface area contributed by atoms with Gasteiger partial charge in [-0.1, -0.05) is 79.4 Å². The molecular formula is C23H31NO2Si. The van der Waals surface area contributed by atoms with Crippen LogP contribution in [0.25, 0.3) is 0 Å². The van der Waals surface area contributed by atoms with E-state index in [1.165, 1.54) is 10.8 Å². The van der Waals surface area contributed by atoms with Crippen molar-refractivity contribution in [3.63, 3.8) is 0 Å². The standard InChI is InChI=1S/C23H31NO2Si/c1-27(2,3)22-11-9-19(10-12-22)23(25)13-20-16-26-17-21(14-23)24(20)15-18-7-5-4-6-8-18/h4-12,20-21,25H,13-17H2,1-3H3. The number of nitrogens with zero attached hydrogens (tertiary/aromatic N) is 1. The third-order valence-corrected chi connectivity index (χ3v) is 8.27. The van der Waals surface area contributed by atoms with E-state index in [9.17, 15) is 5.11 Å². The second-order valence-corrected chi connectivity index (χ2v) is 14.3. The maximum absolute atomic E-state index is 11.6. The Morgan fingerprint density at radius 2 is 1.56 bits per heavy atom. The van der Waals surface area contributed by atoms with E-state index in [0.29, 0.717) is 13.2 Å². The van der Waals surface area contributed by atoms with Gasteiger partial charge in [-0.15, -0.1) is 0 Å². The summed E-state index contributed by atoms with van der Waals surface area (Å²) >= 11 is 0. The first-order chi connectivity index (χ1) is 12.9. The Morgan fingerprint density at radius 1 is 0.963 bits per heavy atom. The van der Waals surface area contributed by atoms with Gasteiger partial charge in [-0.3, -0.25) is 4.90 Å². The molecule has 4 heteroatoms. The summed E-state index contributed by atoms with van der Waals surface area (Å²) in [5.41, 5.74) is 1.66. The van der Waals surface area contributed by atoms with E-state index in [4.69, 9.17) is 4.74 Å². The molecule has 27 heavy (non-hydrogen) atoms. The summed E-state index contributed by atoms with van der Waals surface area (Å²) in [6.07, 6.45) is 1.48. The summed E-state index contributed by atoms with van der Waals surface area (Å²) in [5, 5.41) is 13.0. The first-order valence-corrected chi connectivity index (χ1v) is 13.6. The van der Waals surface area contributed by atoms with Gasteiger partial charge in [-0.25, -0.2) is 0 Å². The number of morpholine rings is 1. The number of aliphatic hydroxyl groups is 1. The molecule has 4 rings (SSSR count). The van der Waals surface area contributed by atoms with Gasteiger partial charge in [-0.05, 0) is 24.0 Å². The fourth-order valence-corrected chi connectivity index (χ4v) is 5.78. The lowest BCUT2D eigenvalue weighted by Gasteiger charge is -2.52. The van der Waals surface area contributed by atoms with Crippen LogP contribution >= 0.6 is 0 Å². The molecule has 2 atom stereocenters. The van der Waals surface area contributed by atoms with Gasteiger partial charge in [0, 0.05) is 18.6 Å². The highest BCUT2D eigenvalue weighted by molar-refractivity contribution is 6.88. The molecule has 2 aromatic carbocycles. The van der Waals surface area contributed by atoms with Gasteiger partial charge < -0.3 is 9.84 Å². The summed E-state index contributed by atoms with van der Waals surface area (Å²) in [7, 11) is -1.32. The largest absolute Gasteiger partial charge is 0.385 e. The third-order valence-electron chi connectivity index (χ3n) is 6.20. The van der Waals surface area contributed by atoms with Crippen molar-refractivity contribution in [3.8, 4) is 0 Å². The van der Waals surface area contributed by atoms with E-state index >= 15 is 0 Å². The Kier molecular flexibility index (Phi) is 5.01. The van der Waals surface area contributed by atoms with Crippen LogP contribution in [0.2, 0.25) is 19.6 Å². The minimum Gasteiger partial charge on any atom is -0.385 e. The number of hydrogen-bond donors (Lipinski definition) is 1. The Bertz CT molecular complexity index is 755. The summed E-state index contributed by atoms with van der Waals surface area (Å²) < 4.78 is 5.85. The monoisotopic (exact) mass is 381 g/mol. The first kappa shape index (κ1) is 18.9. The Morgan fingerprint density at radius 3 is 2.11 bits per heavy atom. The van der Waals surface area contributed by atoms with Crippen LogP contribution in [0.15, 0.2) is 54.6 Å². The highest BCUT2D eigenvalue weighted by atomic mass is 28.3. The van der Waals surface area contributed by atoms with Crippen LogP contribution in [0.5, 0.6) is 0 Å². The number of fused-ring (bicyclic) bond motifs is 2. The zero-order chi connectivity index (χ0) is 19.1. The second kappa shape index (κ2) is 7.17. The van der Waals surface area contributed by atoms with Crippen LogP contribution in [0.3, 0.4) is 0 Å². The van der Waals surface area contributed by atoms with Gasteiger partial charge in [0.2, 0.25) is 0 Å². The normalized spacial score (nSPS) is 28.9. The van der Waals surface area contributed by atoms with Crippen molar-refractivity contribution >= 4 is 13.3 Å². The average Bonchev–Trinajstić information content (AvgIpc) is 2.63. The van der Waals surface area contributed by atoms with Crippen LogP contribution in [-0.2, 0) is 16.9 Å². The molecule has 0 radical (unpaired) electrons. The van der Waals surface area contributed by atoms with Gasteiger partial charge in [0.1, 0.15) is 0 Å². The molecule has 0 aromatic heterocycles. The highest BCUT2D eigenvalue weighted by Crippen LogP contribution is 2.41. The third kappa shape index (κ3) is 3.90. The van der Waals surface area contributed by atoms with Crippen molar-refractivity contribution in [1.82, 2.24) is 4.90 Å². The van der Waals surface area contributed by atoms with E-state index < -0.39 is 13.7 Å². The molecule has 0 saturated carbocycles. The number of benzene rings is 2. The van der Waals surface area contributed by atoms with Gasteiger partial charge in [0.15, 0.2) is 0 Å². The lowest BCUT2D eigenvalue weighted by molar-refractivity contribution is -0.149. The molecule has 2 heterocycles. The van der Waals surface area contributed by atoms with Crippen LogP contribution in [0.1, 0.15) is 24.0 Å². The number of piperidine rings is 1. The summed E-state index contributed by atoms with van der Waals surface area (Å²) in [4.78, 5) is 2.55. The average molecular weight is 382 g/mol. The van der Waals surface area contributed by atoms with E-state index in [2.05, 4.69) is 79.1 Å². The molecule has 2 bridgehead atoms. The Labute approximate surface area is 164 Å². The van der Waals surface area contributed by atoms with Crippen LogP contribution in [-0.4, -0.2) is 43.4 Å². The van der Waals surface area contributed by atoms with Gasteiger partial charge in [-0.2, -0.15) is 0 Å². The first-order valence-electron chi connectivity index (χ1n) is 10.1. The van der Waals surface area contributed by atoms with E-state index in [1.54, 1.807) is 0 Å². The predicted molar refractivity (Wildman–Crippen MR) is 113 cm³/mol. The van der Waals surface area contributed by atoms with E-state index in [1.807, 2.05) is 0 Å². The lowest BCUT2D eigenvalue weighted by atomic mass is 9.76. The highest BCUT2D eigenvalue weighted by Gasteiger charge is 2.46. The van der Waals surface area contributed by atoms with Crippen LogP contribution in [0, 0.1) is 0 Å². The van der Waals surface area contributed by atoms with Crippen molar-refractivity contribution in [1.29, 1.82) is 0 Å². The van der Waals surface area contributed by atoms with Crippen molar-refractivity contribution in [2.75, 3.05) is 13.2 Å². The molecule has 2 aliphatic rings. The molecule has 144 valence electrons. The molecule has 0 amide bonds. The topological polar surface area (TPSA) is 32.7 Å². The zero-order valence-electron chi connectivity index (χ0n) is 16.7. The maximum atomic E-state index is 11.6. The van der Waals surface area contributed by atoms with Gasteiger partial charge in [0.05, 0.1) is 26.9 Å². The zero-order valence-corrected chi connectivity index (χ0v) is 17.7. The quantitative estimate of drug-likeness (QED) is 0.823. The predicted octanol–water partition coefficient (Wildman–Crippen LogP) is 3.48. The molecule has 2 saturated heterocycles. The fraction of sp³-hybridized carbons (Fsp3) is 0.478. The molecule has 3 nitrogen and oxygen atoms in total. The molecule has 0 spiro atoms. The Balaban J connectivity index is 1.55. The molecule has 2 aromatic rings. The molecular weight excluding hydrogens is 350 g/mol. The second-order valence-electron chi connectivity index (χ2n) is 9.27. The molecule has 2 aliphatic heterocycles.